The maximum absolute atomic E-state index is 13.0. The zero-order valence-electron chi connectivity index (χ0n) is 11.5. The van der Waals surface area contributed by atoms with Gasteiger partial charge in [0.2, 0.25) is 0 Å². The van der Waals surface area contributed by atoms with Crippen molar-refractivity contribution in [2.45, 2.75) is 6.92 Å². The minimum Gasteiger partial charge on any atom is -0.312 e. The van der Waals surface area contributed by atoms with Crippen molar-refractivity contribution in [1.29, 1.82) is 0 Å². The number of rotatable bonds is 3. The van der Waals surface area contributed by atoms with Gasteiger partial charge < -0.3 is 4.90 Å². The summed E-state index contributed by atoms with van der Waals surface area (Å²) < 4.78 is 13.0. The van der Waals surface area contributed by atoms with Crippen LogP contribution >= 0.6 is 0 Å². The van der Waals surface area contributed by atoms with Crippen molar-refractivity contribution < 1.29 is 9.18 Å². The average molecular weight is 269 g/mol. The molecular formula is C17H16FNO. The van der Waals surface area contributed by atoms with Gasteiger partial charge >= 0.3 is 0 Å². The number of carbonyl (C=O) groups excluding carboxylic acids is 1. The third-order valence-corrected chi connectivity index (χ3v) is 2.99. The highest BCUT2D eigenvalue weighted by Gasteiger charge is 2.07. The summed E-state index contributed by atoms with van der Waals surface area (Å²) in [4.78, 5) is 13.6. The molecule has 2 nitrogen and oxygen atoms in total. The molecule has 102 valence electrons. The summed E-state index contributed by atoms with van der Waals surface area (Å²) in [5.41, 5.74) is 2.59. The van der Waals surface area contributed by atoms with Crippen molar-refractivity contribution >= 4 is 17.7 Å². The van der Waals surface area contributed by atoms with Crippen LogP contribution in [0, 0.1) is 12.7 Å². The molecule has 20 heavy (non-hydrogen) atoms. The van der Waals surface area contributed by atoms with Gasteiger partial charge in [0, 0.05) is 18.8 Å². The lowest BCUT2D eigenvalue weighted by Gasteiger charge is -2.15. The highest BCUT2D eigenvalue weighted by molar-refractivity contribution is 6.03. The number of carbonyl (C=O) groups is 1. The van der Waals surface area contributed by atoms with Crippen LogP contribution in [0.1, 0.15) is 11.1 Å². The molecule has 0 saturated heterocycles. The van der Waals surface area contributed by atoms with Gasteiger partial charge in [-0.2, -0.15) is 0 Å². The number of aryl methyl sites for hydroxylation is 1. The topological polar surface area (TPSA) is 20.3 Å². The molecule has 0 aliphatic carbocycles. The second-order valence-electron chi connectivity index (χ2n) is 4.62. The minimum atomic E-state index is -0.313. The van der Waals surface area contributed by atoms with Gasteiger partial charge in [0.1, 0.15) is 5.82 Å². The standard InChI is InChI=1S/C17H16FNO/c1-13-5-3-8-16(11-13)19(2)17(20)10-9-14-6-4-7-15(18)12-14/h3-12H,1-2H3/b10-9+. The molecule has 2 rings (SSSR count). The molecule has 0 spiro atoms. The van der Waals surface area contributed by atoms with E-state index < -0.39 is 0 Å². The van der Waals surface area contributed by atoms with Crippen LogP contribution < -0.4 is 4.90 Å². The Morgan fingerprint density at radius 2 is 1.90 bits per heavy atom. The molecule has 0 unspecified atom stereocenters. The average Bonchev–Trinajstić information content (AvgIpc) is 2.44. The molecule has 0 aromatic heterocycles. The van der Waals surface area contributed by atoms with Crippen LogP contribution in [-0.2, 0) is 4.79 Å². The number of amides is 1. The van der Waals surface area contributed by atoms with Gasteiger partial charge in [-0.05, 0) is 48.4 Å². The highest BCUT2D eigenvalue weighted by Crippen LogP contribution is 2.15. The first kappa shape index (κ1) is 14.0. The lowest BCUT2D eigenvalue weighted by atomic mass is 10.2. The van der Waals surface area contributed by atoms with Gasteiger partial charge in [-0.3, -0.25) is 4.79 Å². The molecule has 0 atom stereocenters. The maximum atomic E-state index is 13.0. The minimum absolute atomic E-state index is 0.153. The smallest absolute Gasteiger partial charge is 0.250 e. The fourth-order valence-corrected chi connectivity index (χ4v) is 1.85. The number of hydrogen-bond acceptors (Lipinski definition) is 1. The van der Waals surface area contributed by atoms with E-state index in [-0.39, 0.29) is 11.7 Å². The van der Waals surface area contributed by atoms with E-state index in [1.807, 2.05) is 31.2 Å². The molecule has 0 heterocycles. The monoisotopic (exact) mass is 269 g/mol. The summed E-state index contributed by atoms with van der Waals surface area (Å²) in [6.07, 6.45) is 3.05. The van der Waals surface area contributed by atoms with Crippen LogP contribution in [0.5, 0.6) is 0 Å². The fraction of sp³-hybridized carbons (Fsp3) is 0.118. The zero-order chi connectivity index (χ0) is 14.5. The highest BCUT2D eigenvalue weighted by atomic mass is 19.1. The molecule has 0 radical (unpaired) electrons. The van der Waals surface area contributed by atoms with Crippen molar-refractivity contribution in [1.82, 2.24) is 0 Å². The predicted molar refractivity (Wildman–Crippen MR) is 80.0 cm³/mol. The van der Waals surface area contributed by atoms with E-state index in [1.165, 1.54) is 18.2 Å². The van der Waals surface area contributed by atoms with E-state index in [1.54, 1.807) is 30.2 Å². The zero-order valence-corrected chi connectivity index (χ0v) is 11.5. The molecule has 0 bridgehead atoms. The molecule has 0 aliphatic heterocycles. The lowest BCUT2D eigenvalue weighted by molar-refractivity contribution is -0.113. The van der Waals surface area contributed by atoms with Crippen LogP contribution in [-0.4, -0.2) is 13.0 Å². The molecule has 2 aromatic rings. The maximum Gasteiger partial charge on any atom is 0.250 e. The van der Waals surface area contributed by atoms with E-state index in [0.717, 1.165) is 11.3 Å². The van der Waals surface area contributed by atoms with E-state index in [2.05, 4.69) is 0 Å². The third-order valence-electron chi connectivity index (χ3n) is 2.99. The van der Waals surface area contributed by atoms with Crippen LogP contribution in [0.2, 0.25) is 0 Å². The summed E-state index contributed by atoms with van der Waals surface area (Å²) in [5.74, 6) is -0.466. The molecule has 0 aliphatic rings. The van der Waals surface area contributed by atoms with Crippen molar-refractivity contribution in [2.24, 2.45) is 0 Å². The molecule has 0 saturated carbocycles. The lowest BCUT2D eigenvalue weighted by Crippen LogP contribution is -2.23. The van der Waals surface area contributed by atoms with Crippen LogP contribution in [0.3, 0.4) is 0 Å². The Morgan fingerprint density at radius 1 is 1.15 bits per heavy atom. The first-order chi connectivity index (χ1) is 9.56. The fourth-order valence-electron chi connectivity index (χ4n) is 1.85. The summed E-state index contributed by atoms with van der Waals surface area (Å²) in [6, 6.07) is 13.8. The van der Waals surface area contributed by atoms with Crippen molar-refractivity contribution in [3.8, 4) is 0 Å². The van der Waals surface area contributed by atoms with E-state index in [4.69, 9.17) is 0 Å². The molecular weight excluding hydrogens is 253 g/mol. The quantitative estimate of drug-likeness (QED) is 0.776. The van der Waals surface area contributed by atoms with Crippen molar-refractivity contribution in [3.05, 3.63) is 71.6 Å². The van der Waals surface area contributed by atoms with Crippen LogP contribution in [0.25, 0.3) is 6.08 Å². The Morgan fingerprint density at radius 3 is 2.60 bits per heavy atom. The van der Waals surface area contributed by atoms with Gasteiger partial charge in [-0.25, -0.2) is 4.39 Å². The van der Waals surface area contributed by atoms with Gasteiger partial charge in [0.25, 0.3) is 5.91 Å². The number of benzene rings is 2. The van der Waals surface area contributed by atoms with E-state index >= 15 is 0 Å². The molecule has 2 aromatic carbocycles. The Hall–Kier alpha value is -2.42. The van der Waals surface area contributed by atoms with Crippen LogP contribution in [0.4, 0.5) is 10.1 Å². The number of hydrogen-bond donors (Lipinski definition) is 0. The number of likely N-dealkylation sites (N-methyl/N-ethyl adjacent to an activating group) is 1. The van der Waals surface area contributed by atoms with Crippen molar-refractivity contribution in [2.75, 3.05) is 11.9 Å². The van der Waals surface area contributed by atoms with Crippen molar-refractivity contribution in [3.63, 3.8) is 0 Å². The normalized spacial score (nSPS) is 10.8. The number of anilines is 1. The molecule has 0 N–H and O–H groups in total. The second kappa shape index (κ2) is 6.15. The van der Waals surface area contributed by atoms with Crippen LogP contribution in [0.15, 0.2) is 54.6 Å². The van der Waals surface area contributed by atoms with E-state index in [9.17, 15) is 9.18 Å². The molecule has 0 fully saturated rings. The van der Waals surface area contributed by atoms with Gasteiger partial charge in [0.15, 0.2) is 0 Å². The van der Waals surface area contributed by atoms with E-state index in [0.29, 0.717) is 5.56 Å². The van der Waals surface area contributed by atoms with Gasteiger partial charge in [-0.1, -0.05) is 24.3 Å². The van der Waals surface area contributed by atoms with Gasteiger partial charge in [0.05, 0.1) is 0 Å². The third kappa shape index (κ3) is 3.54. The Kier molecular flexibility index (Phi) is 4.31. The Balaban J connectivity index is 2.12. The molecule has 1 amide bonds. The Bertz CT molecular complexity index is 649. The summed E-state index contributed by atoms with van der Waals surface area (Å²) in [5, 5.41) is 0. The predicted octanol–water partition coefficient (Wildman–Crippen LogP) is 3.81. The SMILES string of the molecule is Cc1cccc(N(C)C(=O)/C=C/c2cccc(F)c2)c1. The Labute approximate surface area is 118 Å². The second-order valence-corrected chi connectivity index (χ2v) is 4.62. The van der Waals surface area contributed by atoms with Gasteiger partial charge in [-0.15, -0.1) is 0 Å². The summed E-state index contributed by atoms with van der Waals surface area (Å²) >= 11 is 0. The number of nitrogens with zero attached hydrogens (tertiary/aromatic N) is 1. The largest absolute Gasteiger partial charge is 0.312 e. The first-order valence-electron chi connectivity index (χ1n) is 6.34. The summed E-state index contributed by atoms with van der Waals surface area (Å²) in [6.45, 7) is 1.98. The first-order valence-corrected chi connectivity index (χ1v) is 6.34. The summed E-state index contributed by atoms with van der Waals surface area (Å²) in [7, 11) is 1.72. The molecule has 3 heteroatoms. The number of halogens is 1.